The first-order chi connectivity index (χ1) is 14.1. The minimum Gasteiger partial charge on any atom is -0.549 e. The molecule has 0 aliphatic carbocycles. The lowest BCUT2D eigenvalue weighted by Gasteiger charge is -2.42. The molecule has 178 valence electrons. The van der Waals surface area contributed by atoms with Crippen molar-refractivity contribution < 1.29 is 49.5 Å². The van der Waals surface area contributed by atoms with Crippen LogP contribution in [0.4, 0.5) is 0 Å². The van der Waals surface area contributed by atoms with Crippen molar-refractivity contribution in [3.05, 3.63) is 0 Å². The Morgan fingerprint density at radius 2 is 0.903 bits per heavy atom. The lowest BCUT2D eigenvalue weighted by Crippen LogP contribution is -2.58. The van der Waals surface area contributed by atoms with Gasteiger partial charge in [-0.25, -0.2) is 0 Å². The molecule has 0 aromatic heterocycles. The molecule has 0 aromatic carbocycles. The average Bonchev–Trinajstić information content (AvgIpc) is 2.52. The summed E-state index contributed by atoms with van der Waals surface area (Å²) in [6.45, 7) is 1.11. The van der Waals surface area contributed by atoms with Crippen molar-refractivity contribution >= 4 is 29.8 Å². The van der Waals surface area contributed by atoms with Gasteiger partial charge in [-0.3, -0.25) is 14.7 Å². The standard InChI is InChI=1S/C18H31N3O10/c1-18(2,3)16(17(30)31)21(6-4-19(8-12(22)23)9-13(24)25)7-5-20(10-14(26)27)11-15(28)29/h16H,4-11H2,1-3H3,(H,22,23)(H,24,25)(H,26,27)(H,28,29)(H,30,31)/p-5. The quantitative estimate of drug-likeness (QED) is 0.217. The lowest BCUT2D eigenvalue weighted by molar-refractivity contribution is -0.317. The summed E-state index contributed by atoms with van der Waals surface area (Å²) in [6, 6.07) is -1.24. The van der Waals surface area contributed by atoms with E-state index in [4.69, 9.17) is 0 Å². The van der Waals surface area contributed by atoms with E-state index >= 15 is 0 Å². The van der Waals surface area contributed by atoms with E-state index < -0.39 is 67.5 Å². The third-order valence-corrected chi connectivity index (χ3v) is 4.23. The maximum atomic E-state index is 11.8. The van der Waals surface area contributed by atoms with Crippen LogP contribution in [0.25, 0.3) is 0 Å². The number of nitrogens with zero attached hydrogens (tertiary/aromatic N) is 3. The van der Waals surface area contributed by atoms with Gasteiger partial charge in [0, 0.05) is 52.4 Å². The fourth-order valence-electron chi connectivity index (χ4n) is 3.12. The van der Waals surface area contributed by atoms with E-state index in [-0.39, 0.29) is 26.2 Å². The molecule has 0 aliphatic heterocycles. The molecule has 0 saturated heterocycles. The number of carbonyl (C=O) groups is 5. The molecular weight excluding hydrogens is 418 g/mol. The van der Waals surface area contributed by atoms with Gasteiger partial charge < -0.3 is 49.5 Å². The van der Waals surface area contributed by atoms with Gasteiger partial charge in [0.25, 0.3) is 0 Å². The SMILES string of the molecule is CC(C)(C)C(C(=O)[O-])N(CCN(CC(=O)[O-])CC(=O)[O-])CCN(CC(=O)[O-])CC(=O)[O-]. The number of rotatable bonds is 16. The molecule has 0 N–H and O–H groups in total. The smallest absolute Gasteiger partial charge is 0.0591 e. The molecule has 0 fully saturated rings. The molecule has 0 rings (SSSR count). The average molecular weight is 444 g/mol. The predicted molar refractivity (Wildman–Crippen MR) is 92.7 cm³/mol. The molecule has 0 heterocycles. The molecule has 0 amide bonds. The molecule has 1 unspecified atom stereocenters. The summed E-state index contributed by atoms with van der Waals surface area (Å²) >= 11 is 0. The Labute approximate surface area is 179 Å². The van der Waals surface area contributed by atoms with E-state index in [1.165, 1.54) is 4.90 Å². The highest BCUT2D eigenvalue weighted by atomic mass is 16.4. The Morgan fingerprint density at radius 1 is 0.613 bits per heavy atom. The summed E-state index contributed by atoms with van der Waals surface area (Å²) in [7, 11) is 0. The highest BCUT2D eigenvalue weighted by Gasteiger charge is 2.32. The van der Waals surface area contributed by atoms with Crippen molar-refractivity contribution in [2.45, 2.75) is 26.8 Å². The molecular formula is C18H26N3O10-5. The second-order valence-electron chi connectivity index (χ2n) is 8.03. The normalized spacial score (nSPS) is 12.8. The van der Waals surface area contributed by atoms with Crippen LogP contribution < -0.4 is 25.5 Å². The van der Waals surface area contributed by atoms with Crippen molar-refractivity contribution in [3.8, 4) is 0 Å². The first-order valence-electron chi connectivity index (χ1n) is 9.32. The van der Waals surface area contributed by atoms with E-state index in [9.17, 15) is 49.5 Å². The molecule has 0 bridgehead atoms. The second-order valence-corrected chi connectivity index (χ2v) is 8.03. The molecule has 0 saturated carbocycles. The van der Waals surface area contributed by atoms with Crippen LogP contribution in [0.5, 0.6) is 0 Å². The summed E-state index contributed by atoms with van der Waals surface area (Å²) in [6.07, 6.45) is 0. The zero-order chi connectivity index (χ0) is 24.4. The summed E-state index contributed by atoms with van der Waals surface area (Å²) < 4.78 is 0. The Balaban J connectivity index is 5.59. The number of hydrogen-bond donors (Lipinski definition) is 0. The maximum absolute atomic E-state index is 11.8. The van der Waals surface area contributed by atoms with Crippen LogP contribution in [0.1, 0.15) is 20.8 Å². The number of hydrogen-bond acceptors (Lipinski definition) is 13. The predicted octanol–water partition coefficient (Wildman–Crippen LogP) is -7.94. The third-order valence-electron chi connectivity index (χ3n) is 4.23. The van der Waals surface area contributed by atoms with Crippen molar-refractivity contribution in [2.24, 2.45) is 5.41 Å². The van der Waals surface area contributed by atoms with Crippen LogP contribution in [0, 0.1) is 5.41 Å². The van der Waals surface area contributed by atoms with Crippen LogP contribution in [0.3, 0.4) is 0 Å². The minimum atomic E-state index is -1.55. The molecule has 0 spiro atoms. The molecule has 1 atom stereocenters. The van der Waals surface area contributed by atoms with Crippen molar-refractivity contribution in [3.63, 3.8) is 0 Å². The highest BCUT2D eigenvalue weighted by Crippen LogP contribution is 2.24. The molecule has 0 radical (unpaired) electrons. The lowest BCUT2D eigenvalue weighted by atomic mass is 9.85. The van der Waals surface area contributed by atoms with E-state index in [0.29, 0.717) is 0 Å². The number of carboxylic acids is 5. The fraction of sp³-hybridized carbons (Fsp3) is 0.722. The zero-order valence-electron chi connectivity index (χ0n) is 17.7. The summed E-state index contributed by atoms with van der Waals surface area (Å²) in [5.41, 5.74) is -0.889. The van der Waals surface area contributed by atoms with Crippen LogP contribution in [0.2, 0.25) is 0 Å². The highest BCUT2D eigenvalue weighted by molar-refractivity contribution is 5.72. The summed E-state index contributed by atoms with van der Waals surface area (Å²) in [4.78, 5) is 58.4. The Bertz CT molecular complexity index is 589. The van der Waals surface area contributed by atoms with Crippen LogP contribution >= 0.6 is 0 Å². The molecule has 0 aliphatic rings. The van der Waals surface area contributed by atoms with Crippen LogP contribution in [-0.4, -0.2) is 103 Å². The van der Waals surface area contributed by atoms with Gasteiger partial charge in [-0.05, 0) is 5.41 Å². The Morgan fingerprint density at radius 3 is 1.10 bits per heavy atom. The number of carboxylic acid groups (broad SMARTS) is 5. The zero-order valence-corrected chi connectivity index (χ0v) is 17.7. The monoisotopic (exact) mass is 444 g/mol. The van der Waals surface area contributed by atoms with E-state index in [1.54, 1.807) is 20.8 Å². The Kier molecular flexibility index (Phi) is 11.7. The van der Waals surface area contributed by atoms with Gasteiger partial charge in [0.1, 0.15) is 0 Å². The summed E-state index contributed by atoms with van der Waals surface area (Å²) in [5.74, 6) is -7.66. The van der Waals surface area contributed by atoms with Gasteiger partial charge in [0.15, 0.2) is 0 Å². The van der Waals surface area contributed by atoms with Gasteiger partial charge in [0.2, 0.25) is 0 Å². The van der Waals surface area contributed by atoms with Gasteiger partial charge in [0.05, 0.1) is 35.9 Å². The first kappa shape index (κ1) is 28.2. The number of aliphatic carboxylic acids is 5. The van der Waals surface area contributed by atoms with Gasteiger partial charge >= 0.3 is 0 Å². The molecule has 13 nitrogen and oxygen atoms in total. The van der Waals surface area contributed by atoms with Crippen molar-refractivity contribution in [1.82, 2.24) is 14.7 Å². The van der Waals surface area contributed by atoms with E-state index in [2.05, 4.69) is 0 Å². The molecule has 0 aromatic rings. The second kappa shape index (κ2) is 12.8. The van der Waals surface area contributed by atoms with Crippen molar-refractivity contribution in [2.75, 3.05) is 52.4 Å². The molecule has 13 heteroatoms. The maximum Gasteiger partial charge on any atom is 0.0591 e. The van der Waals surface area contributed by atoms with Gasteiger partial charge in [-0.1, -0.05) is 20.8 Å². The minimum absolute atomic E-state index is 0.152. The van der Waals surface area contributed by atoms with Gasteiger partial charge in [-0.15, -0.1) is 0 Å². The third kappa shape index (κ3) is 12.5. The fourth-order valence-corrected chi connectivity index (χ4v) is 3.12. The van der Waals surface area contributed by atoms with E-state index in [1.807, 2.05) is 0 Å². The van der Waals surface area contributed by atoms with Crippen LogP contribution in [0.15, 0.2) is 0 Å². The van der Waals surface area contributed by atoms with Crippen molar-refractivity contribution in [1.29, 1.82) is 0 Å². The van der Waals surface area contributed by atoms with E-state index in [0.717, 1.165) is 9.80 Å². The largest absolute Gasteiger partial charge is 0.549 e. The topological polar surface area (TPSA) is 210 Å². The van der Waals surface area contributed by atoms with Crippen LogP contribution in [-0.2, 0) is 24.0 Å². The molecule has 31 heavy (non-hydrogen) atoms. The summed E-state index contributed by atoms with van der Waals surface area (Å²) in [5, 5.41) is 55.2. The first-order valence-corrected chi connectivity index (χ1v) is 9.32. The van der Waals surface area contributed by atoms with Gasteiger partial charge in [-0.2, -0.15) is 0 Å². The Hall–Kier alpha value is -2.77. The number of carbonyl (C=O) groups excluding carboxylic acids is 5.